The zero-order chi connectivity index (χ0) is 13.0. The molecule has 0 aliphatic carbocycles. The third kappa shape index (κ3) is 3.00. The number of nitrogens with zero attached hydrogens (tertiary/aromatic N) is 1. The van der Waals surface area contributed by atoms with Crippen LogP contribution in [0.25, 0.3) is 0 Å². The van der Waals surface area contributed by atoms with Crippen LogP contribution in [0, 0.1) is 0 Å². The van der Waals surface area contributed by atoms with Crippen LogP contribution in [0.4, 0.5) is 0 Å². The fraction of sp³-hybridized carbons (Fsp3) is 0.214. The molecule has 0 radical (unpaired) electrons. The zero-order valence-corrected chi connectivity index (χ0v) is 10.9. The molecule has 1 heterocycles. The van der Waals surface area contributed by atoms with Gasteiger partial charge in [-0.15, -0.1) is 0 Å². The van der Waals surface area contributed by atoms with E-state index in [1.165, 1.54) is 0 Å². The molecule has 94 valence electrons. The van der Waals surface area contributed by atoms with Crippen molar-refractivity contribution in [3.63, 3.8) is 0 Å². The first kappa shape index (κ1) is 12.9. The van der Waals surface area contributed by atoms with E-state index in [0.717, 1.165) is 16.9 Å². The molecule has 3 nitrogen and oxygen atoms in total. The van der Waals surface area contributed by atoms with Crippen LogP contribution in [0.2, 0.25) is 5.02 Å². The molecule has 0 amide bonds. The third-order valence-electron chi connectivity index (χ3n) is 2.79. The summed E-state index contributed by atoms with van der Waals surface area (Å²) in [6.07, 6.45) is 4.17. The molecule has 1 unspecified atom stereocenters. The summed E-state index contributed by atoms with van der Waals surface area (Å²) in [6, 6.07) is 9.27. The molecule has 0 spiro atoms. The van der Waals surface area contributed by atoms with E-state index in [-0.39, 0.29) is 6.04 Å². The molecule has 0 saturated carbocycles. The second-order valence-corrected chi connectivity index (χ2v) is 4.49. The van der Waals surface area contributed by atoms with Crippen molar-refractivity contribution in [3.05, 3.63) is 58.9 Å². The van der Waals surface area contributed by atoms with E-state index in [9.17, 15) is 0 Å². The zero-order valence-electron chi connectivity index (χ0n) is 10.1. The normalized spacial score (nSPS) is 12.2. The summed E-state index contributed by atoms with van der Waals surface area (Å²) in [4.78, 5) is 4.07. The number of halogens is 1. The molecule has 1 aromatic carbocycles. The Morgan fingerprint density at radius 1 is 1.39 bits per heavy atom. The van der Waals surface area contributed by atoms with E-state index >= 15 is 0 Å². The number of ether oxygens (including phenoxy) is 1. The van der Waals surface area contributed by atoms with E-state index in [2.05, 4.69) is 4.98 Å². The third-order valence-corrected chi connectivity index (χ3v) is 3.03. The van der Waals surface area contributed by atoms with Gasteiger partial charge in [0.1, 0.15) is 5.75 Å². The number of nitrogens with two attached hydrogens (primary N) is 1. The van der Waals surface area contributed by atoms with Gasteiger partial charge >= 0.3 is 0 Å². The van der Waals surface area contributed by atoms with Crippen LogP contribution in [-0.2, 0) is 6.42 Å². The molecule has 0 bridgehead atoms. The fourth-order valence-corrected chi connectivity index (χ4v) is 2.05. The smallest absolute Gasteiger partial charge is 0.122 e. The Bertz CT molecular complexity index is 516. The molecule has 2 aromatic rings. The van der Waals surface area contributed by atoms with Crippen LogP contribution in [0.1, 0.15) is 17.2 Å². The Balaban J connectivity index is 2.21. The van der Waals surface area contributed by atoms with E-state index in [0.29, 0.717) is 11.4 Å². The molecule has 18 heavy (non-hydrogen) atoms. The number of benzene rings is 1. The standard InChI is InChI=1S/C14H15ClN2O/c1-18-14-5-4-12(15)7-11(14)8-13(16)10-3-2-6-17-9-10/h2-7,9,13H,8,16H2,1H3. The number of pyridine rings is 1. The molecule has 0 fully saturated rings. The van der Waals surface area contributed by atoms with Gasteiger partial charge in [-0.2, -0.15) is 0 Å². The van der Waals surface area contributed by atoms with Crippen LogP contribution in [-0.4, -0.2) is 12.1 Å². The topological polar surface area (TPSA) is 48.1 Å². The molecule has 0 aliphatic rings. The lowest BCUT2D eigenvalue weighted by molar-refractivity contribution is 0.408. The van der Waals surface area contributed by atoms with Gasteiger partial charge in [-0.1, -0.05) is 17.7 Å². The Kier molecular flexibility index (Phi) is 4.18. The second-order valence-electron chi connectivity index (χ2n) is 4.05. The molecule has 0 saturated heterocycles. The van der Waals surface area contributed by atoms with Gasteiger partial charge < -0.3 is 10.5 Å². The number of hydrogen-bond acceptors (Lipinski definition) is 3. The van der Waals surface area contributed by atoms with E-state index < -0.39 is 0 Å². The summed E-state index contributed by atoms with van der Waals surface area (Å²) in [5.41, 5.74) is 8.16. The van der Waals surface area contributed by atoms with Gasteiger partial charge in [0.15, 0.2) is 0 Å². The van der Waals surface area contributed by atoms with Crippen molar-refractivity contribution in [1.82, 2.24) is 4.98 Å². The Labute approximate surface area is 112 Å². The summed E-state index contributed by atoms with van der Waals surface area (Å²) in [5, 5.41) is 0.684. The number of hydrogen-bond donors (Lipinski definition) is 1. The molecule has 0 aliphatic heterocycles. The highest BCUT2D eigenvalue weighted by Gasteiger charge is 2.11. The van der Waals surface area contributed by atoms with Gasteiger partial charge in [0.05, 0.1) is 7.11 Å². The number of rotatable bonds is 4. The minimum atomic E-state index is -0.119. The summed E-state index contributed by atoms with van der Waals surface area (Å²) >= 11 is 5.99. The highest BCUT2D eigenvalue weighted by molar-refractivity contribution is 6.30. The van der Waals surface area contributed by atoms with Crippen molar-refractivity contribution in [2.24, 2.45) is 5.73 Å². The van der Waals surface area contributed by atoms with Gasteiger partial charge in [0, 0.05) is 23.5 Å². The van der Waals surface area contributed by atoms with Crippen molar-refractivity contribution in [3.8, 4) is 5.75 Å². The minimum Gasteiger partial charge on any atom is -0.496 e. The molecule has 2 rings (SSSR count). The highest BCUT2D eigenvalue weighted by Crippen LogP contribution is 2.26. The quantitative estimate of drug-likeness (QED) is 0.922. The first-order valence-electron chi connectivity index (χ1n) is 5.68. The predicted molar refractivity (Wildman–Crippen MR) is 72.9 cm³/mol. The summed E-state index contributed by atoms with van der Waals surface area (Å²) in [7, 11) is 1.64. The van der Waals surface area contributed by atoms with Gasteiger partial charge in [-0.05, 0) is 41.8 Å². The van der Waals surface area contributed by atoms with Gasteiger partial charge in [-0.25, -0.2) is 0 Å². The Morgan fingerprint density at radius 3 is 2.89 bits per heavy atom. The molecular weight excluding hydrogens is 248 g/mol. The van der Waals surface area contributed by atoms with E-state index in [1.807, 2.05) is 24.3 Å². The highest BCUT2D eigenvalue weighted by atomic mass is 35.5. The van der Waals surface area contributed by atoms with Crippen molar-refractivity contribution in [2.75, 3.05) is 7.11 Å². The maximum absolute atomic E-state index is 6.16. The lowest BCUT2D eigenvalue weighted by Gasteiger charge is -2.14. The molecule has 4 heteroatoms. The molecule has 1 aromatic heterocycles. The fourth-order valence-electron chi connectivity index (χ4n) is 1.86. The Morgan fingerprint density at radius 2 is 2.22 bits per heavy atom. The van der Waals surface area contributed by atoms with Gasteiger partial charge in [0.25, 0.3) is 0 Å². The van der Waals surface area contributed by atoms with Crippen molar-refractivity contribution >= 4 is 11.6 Å². The van der Waals surface area contributed by atoms with Crippen LogP contribution in [0.15, 0.2) is 42.7 Å². The van der Waals surface area contributed by atoms with Crippen LogP contribution >= 0.6 is 11.6 Å². The molecular formula is C14H15ClN2O. The average molecular weight is 263 g/mol. The van der Waals surface area contributed by atoms with Crippen LogP contribution < -0.4 is 10.5 Å². The predicted octanol–water partition coefficient (Wildman–Crippen LogP) is 2.99. The van der Waals surface area contributed by atoms with Crippen LogP contribution in [0.5, 0.6) is 5.75 Å². The first-order chi connectivity index (χ1) is 8.70. The van der Waals surface area contributed by atoms with Crippen molar-refractivity contribution in [2.45, 2.75) is 12.5 Å². The minimum absolute atomic E-state index is 0.119. The van der Waals surface area contributed by atoms with E-state index in [1.54, 1.807) is 25.6 Å². The second kappa shape index (κ2) is 5.85. The maximum Gasteiger partial charge on any atom is 0.122 e. The average Bonchev–Trinajstić information content (AvgIpc) is 2.40. The summed E-state index contributed by atoms with van der Waals surface area (Å²) in [5.74, 6) is 0.804. The molecule has 1 atom stereocenters. The van der Waals surface area contributed by atoms with E-state index in [4.69, 9.17) is 22.1 Å². The van der Waals surface area contributed by atoms with Crippen molar-refractivity contribution < 1.29 is 4.74 Å². The first-order valence-corrected chi connectivity index (χ1v) is 6.06. The Hall–Kier alpha value is -1.58. The van der Waals surface area contributed by atoms with Crippen molar-refractivity contribution in [1.29, 1.82) is 0 Å². The van der Waals surface area contributed by atoms with Gasteiger partial charge in [0.2, 0.25) is 0 Å². The monoisotopic (exact) mass is 262 g/mol. The number of methoxy groups -OCH3 is 1. The maximum atomic E-state index is 6.16. The lowest BCUT2D eigenvalue weighted by atomic mass is 10.0. The summed E-state index contributed by atoms with van der Waals surface area (Å²) in [6.45, 7) is 0. The number of aromatic nitrogens is 1. The lowest BCUT2D eigenvalue weighted by Crippen LogP contribution is -2.14. The largest absolute Gasteiger partial charge is 0.496 e. The van der Waals surface area contributed by atoms with Crippen LogP contribution in [0.3, 0.4) is 0 Å². The van der Waals surface area contributed by atoms with Gasteiger partial charge in [-0.3, -0.25) is 4.98 Å². The summed E-state index contributed by atoms with van der Waals surface area (Å²) < 4.78 is 5.31. The molecule has 2 N–H and O–H groups in total. The SMILES string of the molecule is COc1ccc(Cl)cc1CC(N)c1cccnc1.